The third-order valence-electron chi connectivity index (χ3n) is 2.55. The summed E-state index contributed by atoms with van der Waals surface area (Å²) in [7, 11) is 1.78. The quantitative estimate of drug-likeness (QED) is 0.632. The van der Waals surface area contributed by atoms with Gasteiger partial charge in [-0.05, 0) is 23.7 Å². The van der Waals surface area contributed by atoms with Crippen LogP contribution in [0.5, 0.6) is 0 Å². The highest BCUT2D eigenvalue weighted by Crippen LogP contribution is 2.34. The first kappa shape index (κ1) is 12.0. The number of hydrogen-bond acceptors (Lipinski definition) is 1. The normalized spacial score (nSPS) is 15.2. The highest BCUT2D eigenvalue weighted by atomic mass is 16.5. The van der Waals surface area contributed by atoms with Crippen molar-refractivity contribution in [2.75, 3.05) is 13.7 Å². The molecular weight excluding hydrogens is 148 g/mol. The van der Waals surface area contributed by atoms with Gasteiger partial charge in [0.1, 0.15) is 0 Å². The molecule has 0 aromatic carbocycles. The Labute approximate surface area is 77.5 Å². The van der Waals surface area contributed by atoms with Gasteiger partial charge in [-0.2, -0.15) is 0 Å². The molecule has 1 unspecified atom stereocenters. The van der Waals surface area contributed by atoms with Crippen LogP contribution in [0.25, 0.3) is 0 Å². The minimum atomic E-state index is 0.409. The summed E-state index contributed by atoms with van der Waals surface area (Å²) in [5, 5.41) is 0. The van der Waals surface area contributed by atoms with Crippen LogP contribution in [0.1, 0.15) is 41.0 Å². The van der Waals surface area contributed by atoms with Crippen LogP contribution in [0.4, 0.5) is 0 Å². The summed E-state index contributed by atoms with van der Waals surface area (Å²) < 4.78 is 5.12. The molecule has 0 aliphatic heterocycles. The molecular formula is C11H24O. The van der Waals surface area contributed by atoms with E-state index in [1.54, 1.807) is 7.11 Å². The van der Waals surface area contributed by atoms with Gasteiger partial charge in [-0.1, -0.05) is 34.6 Å². The first-order valence-electron chi connectivity index (χ1n) is 4.88. The van der Waals surface area contributed by atoms with Crippen LogP contribution < -0.4 is 0 Å². The summed E-state index contributed by atoms with van der Waals surface area (Å²) in [6.45, 7) is 12.4. The Balaban J connectivity index is 4.05. The van der Waals surface area contributed by atoms with Gasteiger partial charge in [0.2, 0.25) is 0 Å². The molecule has 0 spiro atoms. The molecule has 1 atom stereocenters. The van der Waals surface area contributed by atoms with Crippen molar-refractivity contribution in [3.8, 4) is 0 Å². The molecule has 1 heteroatoms. The van der Waals surface area contributed by atoms with E-state index in [0.717, 1.165) is 18.4 Å². The molecule has 12 heavy (non-hydrogen) atoms. The molecule has 0 bridgehead atoms. The third kappa shape index (κ3) is 4.10. The van der Waals surface area contributed by atoms with E-state index in [1.165, 1.54) is 6.42 Å². The Hall–Kier alpha value is -0.0400. The van der Waals surface area contributed by atoms with Gasteiger partial charge in [-0.15, -0.1) is 0 Å². The average Bonchev–Trinajstić information content (AvgIpc) is 1.84. The summed E-state index contributed by atoms with van der Waals surface area (Å²) in [6.07, 6.45) is 1.18. The first-order valence-corrected chi connectivity index (χ1v) is 4.88. The predicted octanol–water partition coefficient (Wildman–Crippen LogP) is 3.34. The van der Waals surface area contributed by atoms with E-state index in [0.29, 0.717) is 5.41 Å². The standard InChI is InChI=1S/C11H24O/c1-9(2)10(7-8-12-6)11(3,4)5/h9-10H,7-8H2,1-6H3. The van der Waals surface area contributed by atoms with Crippen molar-refractivity contribution >= 4 is 0 Å². The molecule has 0 heterocycles. The second kappa shape index (κ2) is 4.86. The summed E-state index contributed by atoms with van der Waals surface area (Å²) in [5.74, 6) is 1.51. The summed E-state index contributed by atoms with van der Waals surface area (Å²) >= 11 is 0. The van der Waals surface area contributed by atoms with E-state index in [9.17, 15) is 0 Å². The molecule has 0 aromatic rings. The van der Waals surface area contributed by atoms with Crippen LogP contribution in [-0.2, 0) is 4.74 Å². The Bertz CT molecular complexity index is 111. The van der Waals surface area contributed by atoms with Gasteiger partial charge >= 0.3 is 0 Å². The smallest absolute Gasteiger partial charge is 0.0465 e. The molecule has 0 N–H and O–H groups in total. The van der Waals surface area contributed by atoms with Crippen LogP contribution in [0, 0.1) is 17.3 Å². The molecule has 74 valence electrons. The monoisotopic (exact) mass is 172 g/mol. The largest absolute Gasteiger partial charge is 0.385 e. The summed E-state index contributed by atoms with van der Waals surface area (Å²) in [4.78, 5) is 0. The van der Waals surface area contributed by atoms with E-state index < -0.39 is 0 Å². The fraction of sp³-hybridized carbons (Fsp3) is 1.00. The van der Waals surface area contributed by atoms with Crippen molar-refractivity contribution in [3.63, 3.8) is 0 Å². The van der Waals surface area contributed by atoms with Crippen molar-refractivity contribution < 1.29 is 4.74 Å². The van der Waals surface area contributed by atoms with Crippen LogP contribution >= 0.6 is 0 Å². The SMILES string of the molecule is COCCC(C(C)C)C(C)(C)C. The van der Waals surface area contributed by atoms with E-state index in [2.05, 4.69) is 34.6 Å². The van der Waals surface area contributed by atoms with Crippen molar-refractivity contribution in [2.45, 2.75) is 41.0 Å². The number of methoxy groups -OCH3 is 1. The minimum absolute atomic E-state index is 0.409. The van der Waals surface area contributed by atoms with Gasteiger partial charge < -0.3 is 4.74 Å². The van der Waals surface area contributed by atoms with E-state index in [4.69, 9.17) is 4.74 Å². The third-order valence-corrected chi connectivity index (χ3v) is 2.55. The lowest BCUT2D eigenvalue weighted by molar-refractivity contribution is 0.108. The zero-order valence-corrected chi connectivity index (χ0v) is 9.48. The minimum Gasteiger partial charge on any atom is -0.385 e. The second-order valence-electron chi connectivity index (χ2n) is 5.00. The second-order valence-corrected chi connectivity index (χ2v) is 5.00. The Morgan fingerprint density at radius 3 is 1.92 bits per heavy atom. The highest BCUT2D eigenvalue weighted by Gasteiger charge is 2.26. The van der Waals surface area contributed by atoms with Crippen molar-refractivity contribution in [3.05, 3.63) is 0 Å². The maximum atomic E-state index is 5.12. The van der Waals surface area contributed by atoms with Crippen molar-refractivity contribution in [1.82, 2.24) is 0 Å². The van der Waals surface area contributed by atoms with Crippen LogP contribution in [0.2, 0.25) is 0 Å². The molecule has 0 aliphatic rings. The van der Waals surface area contributed by atoms with Crippen molar-refractivity contribution in [2.24, 2.45) is 17.3 Å². The van der Waals surface area contributed by atoms with E-state index >= 15 is 0 Å². The lowest BCUT2D eigenvalue weighted by Gasteiger charge is -2.33. The Morgan fingerprint density at radius 2 is 1.67 bits per heavy atom. The van der Waals surface area contributed by atoms with E-state index in [1.807, 2.05) is 0 Å². The fourth-order valence-corrected chi connectivity index (χ4v) is 2.01. The van der Waals surface area contributed by atoms with Crippen molar-refractivity contribution in [1.29, 1.82) is 0 Å². The molecule has 0 amide bonds. The molecule has 0 radical (unpaired) electrons. The topological polar surface area (TPSA) is 9.23 Å². The zero-order valence-electron chi connectivity index (χ0n) is 9.48. The molecule has 0 fully saturated rings. The number of hydrogen-bond donors (Lipinski definition) is 0. The highest BCUT2D eigenvalue weighted by molar-refractivity contribution is 4.76. The molecule has 0 saturated carbocycles. The zero-order chi connectivity index (χ0) is 9.78. The maximum Gasteiger partial charge on any atom is 0.0465 e. The summed E-state index contributed by atoms with van der Waals surface area (Å²) in [5.41, 5.74) is 0.409. The van der Waals surface area contributed by atoms with Gasteiger partial charge in [0, 0.05) is 13.7 Å². The molecule has 1 nitrogen and oxygen atoms in total. The molecule has 0 rings (SSSR count). The average molecular weight is 172 g/mol. The first-order chi connectivity index (χ1) is 5.39. The number of rotatable bonds is 4. The van der Waals surface area contributed by atoms with Crippen LogP contribution in [0.3, 0.4) is 0 Å². The van der Waals surface area contributed by atoms with Gasteiger partial charge in [0.05, 0.1) is 0 Å². The Kier molecular flexibility index (Phi) is 4.84. The molecule has 0 aromatic heterocycles. The molecule has 0 aliphatic carbocycles. The molecule has 0 saturated heterocycles. The maximum absolute atomic E-state index is 5.12. The lowest BCUT2D eigenvalue weighted by atomic mass is 9.73. The fourth-order valence-electron chi connectivity index (χ4n) is 2.01. The van der Waals surface area contributed by atoms with Crippen LogP contribution in [-0.4, -0.2) is 13.7 Å². The van der Waals surface area contributed by atoms with Gasteiger partial charge in [0.25, 0.3) is 0 Å². The van der Waals surface area contributed by atoms with E-state index in [-0.39, 0.29) is 0 Å². The van der Waals surface area contributed by atoms with Crippen LogP contribution in [0.15, 0.2) is 0 Å². The van der Waals surface area contributed by atoms with Gasteiger partial charge in [0.15, 0.2) is 0 Å². The van der Waals surface area contributed by atoms with Gasteiger partial charge in [-0.3, -0.25) is 0 Å². The lowest BCUT2D eigenvalue weighted by Crippen LogP contribution is -2.26. The predicted molar refractivity (Wildman–Crippen MR) is 54.3 cm³/mol. The summed E-state index contributed by atoms with van der Waals surface area (Å²) in [6, 6.07) is 0. The van der Waals surface area contributed by atoms with Gasteiger partial charge in [-0.25, -0.2) is 0 Å². The number of ether oxygens (including phenoxy) is 1. The Morgan fingerprint density at radius 1 is 1.17 bits per heavy atom.